The van der Waals surface area contributed by atoms with E-state index in [-0.39, 0.29) is 0 Å². The first-order valence-corrected chi connectivity index (χ1v) is 7.90. The van der Waals surface area contributed by atoms with Gasteiger partial charge in [0.05, 0.1) is 0 Å². The van der Waals surface area contributed by atoms with E-state index in [4.69, 9.17) is 0 Å². The third-order valence-electron chi connectivity index (χ3n) is 2.46. The Hall–Kier alpha value is 0.700. The molecule has 0 amide bonds. The van der Waals surface area contributed by atoms with Crippen molar-refractivity contribution in [3.8, 4) is 0 Å². The van der Waals surface area contributed by atoms with Gasteiger partial charge in [-0.2, -0.15) is 9.06 Å². The fourth-order valence-electron chi connectivity index (χ4n) is 1.26. The maximum atomic E-state index is 4.67. The first kappa shape index (κ1) is 11.7. The molecule has 0 nitrogen and oxygen atoms in total. The molecule has 0 heterocycles. The Kier molecular flexibility index (Phi) is 4.96. The fourth-order valence-corrected chi connectivity index (χ4v) is 3.16. The van der Waals surface area contributed by atoms with Gasteiger partial charge in [-0.25, -0.2) is 0 Å². The van der Waals surface area contributed by atoms with Crippen molar-refractivity contribution in [2.75, 3.05) is 12.5 Å². The van der Waals surface area contributed by atoms with E-state index < -0.39 is 9.06 Å². The minimum Gasteiger partial charge on any atom is -0.199 e. The normalized spacial score (nSPS) is 19.5. The first-order chi connectivity index (χ1) is 4.89. The quantitative estimate of drug-likeness (QED) is 0.512. The van der Waals surface area contributed by atoms with Crippen molar-refractivity contribution in [1.82, 2.24) is 0 Å². The third kappa shape index (κ3) is 4.32. The molecule has 70 valence electrons. The predicted molar refractivity (Wildman–Crippen MR) is 62.0 cm³/mol. The van der Waals surface area contributed by atoms with E-state index in [0.29, 0.717) is 0 Å². The van der Waals surface area contributed by atoms with Gasteiger partial charge in [0, 0.05) is 0 Å². The van der Waals surface area contributed by atoms with Crippen molar-refractivity contribution in [2.45, 2.75) is 38.9 Å². The molecule has 2 atom stereocenters. The van der Waals surface area contributed by atoms with Gasteiger partial charge in [-0.3, -0.25) is 0 Å². The van der Waals surface area contributed by atoms with Crippen molar-refractivity contribution in [2.24, 2.45) is 5.92 Å². The molecular formula is C9H22S2. The summed E-state index contributed by atoms with van der Waals surface area (Å²) in [5, 5.41) is 0.783. The molecule has 2 unspecified atom stereocenters. The van der Waals surface area contributed by atoms with Gasteiger partial charge in [-0.15, -0.1) is 11.7 Å². The summed E-state index contributed by atoms with van der Waals surface area (Å²) >= 11 is 4.67. The molecule has 0 saturated carbocycles. The van der Waals surface area contributed by atoms with E-state index >= 15 is 0 Å². The minimum atomic E-state index is -0.630. The lowest BCUT2D eigenvalue weighted by molar-refractivity contribution is 0.519. The number of rotatable bonds is 4. The zero-order valence-corrected chi connectivity index (χ0v) is 10.1. The van der Waals surface area contributed by atoms with E-state index in [1.54, 1.807) is 0 Å². The molecular weight excluding hydrogens is 172 g/mol. The van der Waals surface area contributed by atoms with Crippen molar-refractivity contribution in [3.63, 3.8) is 0 Å². The summed E-state index contributed by atoms with van der Waals surface area (Å²) in [7, 11) is -0.630. The van der Waals surface area contributed by atoms with Gasteiger partial charge >= 0.3 is 0 Å². The van der Waals surface area contributed by atoms with Crippen LogP contribution in [0.5, 0.6) is 0 Å². The van der Waals surface area contributed by atoms with Gasteiger partial charge in [0.25, 0.3) is 0 Å². The maximum Gasteiger partial charge on any atom is -0.00367 e. The van der Waals surface area contributed by atoms with Crippen molar-refractivity contribution in [3.05, 3.63) is 0 Å². The summed E-state index contributed by atoms with van der Waals surface area (Å²) in [6.07, 6.45) is 7.22. The van der Waals surface area contributed by atoms with Gasteiger partial charge in [-0.05, 0) is 30.1 Å². The number of hydrogen-bond donors (Lipinski definition) is 1. The van der Waals surface area contributed by atoms with Crippen molar-refractivity contribution >= 4 is 20.7 Å². The van der Waals surface area contributed by atoms with Gasteiger partial charge < -0.3 is 0 Å². The Bertz CT molecular complexity index is 105. The van der Waals surface area contributed by atoms with Gasteiger partial charge in [-0.1, -0.05) is 27.2 Å². The Labute approximate surface area is 78.3 Å². The van der Waals surface area contributed by atoms with Crippen LogP contribution in [0.3, 0.4) is 0 Å². The van der Waals surface area contributed by atoms with Crippen LogP contribution >= 0.6 is 20.7 Å². The monoisotopic (exact) mass is 194 g/mol. The highest BCUT2D eigenvalue weighted by Gasteiger charge is 2.21. The molecule has 2 heteroatoms. The average molecular weight is 194 g/mol. The van der Waals surface area contributed by atoms with Crippen LogP contribution in [0.25, 0.3) is 0 Å². The highest BCUT2D eigenvalue weighted by Crippen LogP contribution is 2.52. The van der Waals surface area contributed by atoms with Crippen LogP contribution in [0.15, 0.2) is 0 Å². The Morgan fingerprint density at radius 2 is 1.73 bits per heavy atom. The van der Waals surface area contributed by atoms with E-state index in [1.807, 2.05) is 0 Å². The molecule has 0 radical (unpaired) electrons. The third-order valence-corrected chi connectivity index (χ3v) is 5.74. The van der Waals surface area contributed by atoms with Gasteiger partial charge in [0.15, 0.2) is 0 Å². The first-order valence-electron chi connectivity index (χ1n) is 4.34. The van der Waals surface area contributed by atoms with E-state index in [9.17, 15) is 0 Å². The van der Waals surface area contributed by atoms with E-state index in [0.717, 1.165) is 11.2 Å². The molecule has 0 bridgehead atoms. The lowest BCUT2D eigenvalue weighted by atomic mass is 10.0. The lowest BCUT2D eigenvalue weighted by Gasteiger charge is -2.36. The molecule has 11 heavy (non-hydrogen) atoms. The van der Waals surface area contributed by atoms with Crippen molar-refractivity contribution < 1.29 is 0 Å². The molecule has 0 spiro atoms. The second-order valence-corrected chi connectivity index (χ2v) is 10.1. The van der Waals surface area contributed by atoms with Crippen LogP contribution in [-0.2, 0) is 0 Å². The zero-order chi connectivity index (χ0) is 9.07. The van der Waals surface area contributed by atoms with Crippen molar-refractivity contribution in [1.29, 1.82) is 0 Å². The lowest BCUT2D eigenvalue weighted by Crippen LogP contribution is -2.17. The summed E-state index contributed by atoms with van der Waals surface area (Å²) in [6.45, 7) is 6.94. The topological polar surface area (TPSA) is 0 Å². The molecule has 0 N–H and O–H groups in total. The van der Waals surface area contributed by atoms with Crippen LogP contribution in [0, 0.1) is 5.92 Å². The Morgan fingerprint density at radius 1 is 1.27 bits per heavy atom. The van der Waals surface area contributed by atoms with Crippen LogP contribution in [0.1, 0.15) is 33.6 Å². The minimum absolute atomic E-state index is 0.630. The SMILES string of the molecule is CCCC(C)C(C)S(C)(C)S. The number of hydrogen-bond acceptors (Lipinski definition) is 1. The number of thiol groups is 1. The summed E-state index contributed by atoms with van der Waals surface area (Å²) in [4.78, 5) is 0. The molecule has 0 aromatic carbocycles. The molecule has 0 rings (SSSR count). The van der Waals surface area contributed by atoms with E-state index in [2.05, 4.69) is 44.9 Å². The predicted octanol–water partition coefficient (Wildman–Crippen LogP) is 3.72. The van der Waals surface area contributed by atoms with Gasteiger partial charge in [0.2, 0.25) is 0 Å². The summed E-state index contributed by atoms with van der Waals surface area (Å²) in [5.74, 6) is 0.836. The molecule has 0 aliphatic rings. The van der Waals surface area contributed by atoms with Crippen LogP contribution < -0.4 is 0 Å². The molecule has 0 aliphatic carbocycles. The highest BCUT2D eigenvalue weighted by atomic mass is 33.1. The summed E-state index contributed by atoms with van der Waals surface area (Å²) < 4.78 is 0. The Balaban J connectivity index is 3.91. The fraction of sp³-hybridized carbons (Fsp3) is 1.00. The van der Waals surface area contributed by atoms with Crippen LogP contribution in [-0.4, -0.2) is 17.8 Å². The van der Waals surface area contributed by atoms with Crippen LogP contribution in [0.2, 0.25) is 0 Å². The Morgan fingerprint density at radius 3 is 2.00 bits per heavy atom. The largest absolute Gasteiger partial charge is 0.199 e. The molecule has 0 saturated heterocycles. The summed E-state index contributed by atoms with van der Waals surface area (Å²) in [5.41, 5.74) is 0. The summed E-state index contributed by atoms with van der Waals surface area (Å²) in [6, 6.07) is 0. The van der Waals surface area contributed by atoms with Gasteiger partial charge in [0.1, 0.15) is 0 Å². The molecule has 0 fully saturated rings. The maximum absolute atomic E-state index is 4.67. The zero-order valence-electron chi connectivity index (χ0n) is 8.42. The molecule has 0 aromatic rings. The molecule has 0 aromatic heterocycles. The average Bonchev–Trinajstić information content (AvgIpc) is 1.85. The second kappa shape index (κ2) is 4.66. The van der Waals surface area contributed by atoms with Crippen LogP contribution in [0.4, 0.5) is 0 Å². The van der Waals surface area contributed by atoms with E-state index in [1.165, 1.54) is 12.8 Å². The molecule has 0 aliphatic heterocycles. The standard InChI is InChI=1S/C9H22S2/c1-6-7-8(2)9(3)11(4,5)10/h8-10H,6-7H2,1-5H3. The highest BCUT2D eigenvalue weighted by molar-refractivity contribution is 8.87. The smallest absolute Gasteiger partial charge is 0.00367 e. The second-order valence-electron chi connectivity index (χ2n) is 3.82.